The summed E-state index contributed by atoms with van der Waals surface area (Å²) in [4.78, 5) is 8.51. The third kappa shape index (κ3) is 5.41. The molecule has 6 heteroatoms. The molecule has 3 aromatic rings. The number of fused-ring (bicyclic) bond motifs is 1. The molecule has 27 heavy (non-hydrogen) atoms. The maximum Gasteiger partial charge on any atom is 0.120 e. The van der Waals surface area contributed by atoms with Gasteiger partial charge in [-0.3, -0.25) is 0 Å². The average Bonchev–Trinajstić information content (AvgIpc) is 3.01. The first-order chi connectivity index (χ1) is 13.1. The minimum atomic E-state index is 0.754. The highest BCUT2D eigenvalue weighted by molar-refractivity contribution is 7.98. The lowest BCUT2D eigenvalue weighted by molar-refractivity contribution is 0.293. The second-order valence-corrected chi connectivity index (χ2v) is 8.36. The molecule has 0 unspecified atom stereocenters. The van der Waals surface area contributed by atoms with Gasteiger partial charge in [0.05, 0.1) is 16.8 Å². The Morgan fingerprint density at radius 3 is 2.41 bits per heavy atom. The standard InChI is InChI=1S/C21H25Cl2N3S/c1-3-25(4-2)12-5-13-26-20-14-17(23)8-11-19(20)24-21(26)15-27-18-9-6-16(22)7-10-18/h6-11,14H,3-5,12-13,15H2,1-2H3. The summed E-state index contributed by atoms with van der Waals surface area (Å²) in [6.45, 7) is 8.65. The van der Waals surface area contributed by atoms with Crippen LogP contribution in [0, 0.1) is 0 Å². The van der Waals surface area contributed by atoms with Gasteiger partial charge in [0.15, 0.2) is 0 Å². The number of benzene rings is 2. The van der Waals surface area contributed by atoms with Crippen LogP contribution in [-0.4, -0.2) is 34.1 Å². The van der Waals surface area contributed by atoms with Gasteiger partial charge in [-0.2, -0.15) is 0 Å². The van der Waals surface area contributed by atoms with Crippen LogP contribution >= 0.6 is 35.0 Å². The summed E-state index contributed by atoms with van der Waals surface area (Å²) < 4.78 is 2.33. The predicted molar refractivity (Wildman–Crippen MR) is 118 cm³/mol. The van der Waals surface area contributed by atoms with Crippen LogP contribution in [-0.2, 0) is 12.3 Å². The first kappa shape index (κ1) is 20.5. The van der Waals surface area contributed by atoms with Crippen molar-refractivity contribution in [2.24, 2.45) is 0 Å². The van der Waals surface area contributed by atoms with Crippen molar-refractivity contribution in [2.75, 3.05) is 19.6 Å². The van der Waals surface area contributed by atoms with E-state index in [1.54, 1.807) is 11.8 Å². The molecule has 0 aliphatic heterocycles. The molecule has 0 saturated heterocycles. The quantitative estimate of drug-likeness (QED) is 0.374. The lowest BCUT2D eigenvalue weighted by Crippen LogP contribution is -2.25. The minimum absolute atomic E-state index is 0.754. The minimum Gasteiger partial charge on any atom is -0.327 e. The van der Waals surface area contributed by atoms with E-state index in [0.29, 0.717) is 0 Å². The van der Waals surface area contributed by atoms with E-state index >= 15 is 0 Å². The third-order valence-electron chi connectivity index (χ3n) is 4.72. The molecule has 1 heterocycles. The molecule has 0 atom stereocenters. The Balaban J connectivity index is 1.79. The SMILES string of the molecule is CCN(CC)CCCn1c(CSc2ccc(Cl)cc2)nc2ccc(Cl)cc21. The van der Waals surface area contributed by atoms with Crippen LogP contribution in [0.4, 0.5) is 0 Å². The molecule has 0 aliphatic carbocycles. The van der Waals surface area contributed by atoms with E-state index in [9.17, 15) is 0 Å². The van der Waals surface area contributed by atoms with Crippen LogP contribution in [0.2, 0.25) is 10.0 Å². The maximum atomic E-state index is 6.25. The Morgan fingerprint density at radius 1 is 1.00 bits per heavy atom. The normalized spacial score (nSPS) is 11.6. The number of imidazole rings is 1. The summed E-state index contributed by atoms with van der Waals surface area (Å²) in [5, 5.41) is 1.52. The lowest BCUT2D eigenvalue weighted by atomic mass is 10.3. The fraction of sp³-hybridized carbons (Fsp3) is 0.381. The predicted octanol–water partition coefficient (Wildman–Crippen LogP) is 6.37. The summed E-state index contributed by atoms with van der Waals surface area (Å²) in [5.74, 6) is 1.91. The summed E-state index contributed by atoms with van der Waals surface area (Å²) in [5.41, 5.74) is 2.13. The van der Waals surface area contributed by atoms with Crippen molar-refractivity contribution < 1.29 is 0 Å². The van der Waals surface area contributed by atoms with Gasteiger partial charge in [-0.1, -0.05) is 37.0 Å². The number of halogens is 2. The fourth-order valence-electron chi connectivity index (χ4n) is 3.18. The molecule has 0 spiro atoms. The summed E-state index contributed by atoms with van der Waals surface area (Å²) in [6, 6.07) is 13.9. The van der Waals surface area contributed by atoms with Crippen LogP contribution < -0.4 is 0 Å². The van der Waals surface area contributed by atoms with Crippen LogP contribution in [0.5, 0.6) is 0 Å². The molecule has 2 aromatic carbocycles. The number of hydrogen-bond acceptors (Lipinski definition) is 3. The van der Waals surface area contributed by atoms with Gasteiger partial charge < -0.3 is 9.47 Å². The number of hydrogen-bond donors (Lipinski definition) is 0. The second-order valence-electron chi connectivity index (χ2n) is 6.44. The zero-order valence-electron chi connectivity index (χ0n) is 15.8. The molecule has 3 nitrogen and oxygen atoms in total. The van der Waals surface area contributed by atoms with E-state index in [1.165, 1.54) is 4.90 Å². The Bertz CT molecular complexity index is 873. The van der Waals surface area contributed by atoms with Gasteiger partial charge in [0.25, 0.3) is 0 Å². The largest absolute Gasteiger partial charge is 0.327 e. The van der Waals surface area contributed by atoms with Crippen LogP contribution in [0.25, 0.3) is 11.0 Å². The van der Waals surface area contributed by atoms with Gasteiger partial charge in [0.2, 0.25) is 0 Å². The number of aromatic nitrogens is 2. The highest BCUT2D eigenvalue weighted by Crippen LogP contribution is 2.27. The highest BCUT2D eigenvalue weighted by atomic mass is 35.5. The van der Waals surface area contributed by atoms with Gasteiger partial charge >= 0.3 is 0 Å². The number of nitrogens with zero attached hydrogens (tertiary/aromatic N) is 3. The molecule has 0 saturated carbocycles. The number of aryl methyl sites for hydroxylation is 1. The van der Waals surface area contributed by atoms with E-state index in [1.807, 2.05) is 30.3 Å². The van der Waals surface area contributed by atoms with E-state index < -0.39 is 0 Å². The van der Waals surface area contributed by atoms with E-state index in [0.717, 1.165) is 65.3 Å². The van der Waals surface area contributed by atoms with Crippen molar-refractivity contribution in [3.63, 3.8) is 0 Å². The smallest absolute Gasteiger partial charge is 0.120 e. The Kier molecular flexibility index (Phi) is 7.48. The summed E-state index contributed by atoms with van der Waals surface area (Å²) in [6.07, 6.45) is 1.10. The van der Waals surface area contributed by atoms with Crippen molar-refractivity contribution in [1.29, 1.82) is 0 Å². The van der Waals surface area contributed by atoms with E-state index in [2.05, 4.69) is 35.4 Å². The first-order valence-electron chi connectivity index (χ1n) is 9.36. The topological polar surface area (TPSA) is 21.1 Å². The second kappa shape index (κ2) is 9.83. The molecule has 3 rings (SSSR count). The lowest BCUT2D eigenvalue weighted by Gasteiger charge is -2.18. The van der Waals surface area contributed by atoms with Crippen LogP contribution in [0.15, 0.2) is 47.4 Å². The molecule has 0 amide bonds. The third-order valence-corrected chi connectivity index (χ3v) is 6.22. The van der Waals surface area contributed by atoms with E-state index in [-0.39, 0.29) is 0 Å². The zero-order chi connectivity index (χ0) is 19.2. The van der Waals surface area contributed by atoms with Gasteiger partial charge in [0, 0.05) is 21.5 Å². The fourth-order valence-corrected chi connectivity index (χ4v) is 4.31. The molecular weight excluding hydrogens is 397 g/mol. The van der Waals surface area contributed by atoms with Crippen molar-refractivity contribution in [3.8, 4) is 0 Å². The van der Waals surface area contributed by atoms with Gasteiger partial charge in [-0.15, -0.1) is 11.8 Å². The number of rotatable bonds is 9. The Labute approximate surface area is 175 Å². The molecular formula is C21H25Cl2N3S. The van der Waals surface area contributed by atoms with E-state index in [4.69, 9.17) is 28.2 Å². The zero-order valence-corrected chi connectivity index (χ0v) is 18.1. The Morgan fingerprint density at radius 2 is 1.70 bits per heavy atom. The number of thioether (sulfide) groups is 1. The van der Waals surface area contributed by atoms with Crippen LogP contribution in [0.1, 0.15) is 26.1 Å². The van der Waals surface area contributed by atoms with Gasteiger partial charge in [-0.05, 0) is 68.5 Å². The molecule has 0 N–H and O–H groups in total. The molecule has 0 fully saturated rings. The Hall–Kier alpha value is -1.20. The molecule has 0 bridgehead atoms. The van der Waals surface area contributed by atoms with Crippen molar-refractivity contribution in [3.05, 3.63) is 58.3 Å². The van der Waals surface area contributed by atoms with Crippen molar-refractivity contribution in [1.82, 2.24) is 14.5 Å². The van der Waals surface area contributed by atoms with Crippen LogP contribution in [0.3, 0.4) is 0 Å². The molecule has 0 aliphatic rings. The maximum absolute atomic E-state index is 6.25. The van der Waals surface area contributed by atoms with Gasteiger partial charge in [-0.25, -0.2) is 4.98 Å². The van der Waals surface area contributed by atoms with Gasteiger partial charge in [0.1, 0.15) is 5.82 Å². The average molecular weight is 422 g/mol. The highest BCUT2D eigenvalue weighted by Gasteiger charge is 2.12. The molecule has 0 radical (unpaired) electrons. The summed E-state index contributed by atoms with van der Waals surface area (Å²) in [7, 11) is 0. The molecule has 144 valence electrons. The molecule has 1 aromatic heterocycles. The summed E-state index contributed by atoms with van der Waals surface area (Å²) >= 11 is 14.0. The van der Waals surface area contributed by atoms with Crippen molar-refractivity contribution in [2.45, 2.75) is 37.5 Å². The first-order valence-corrected chi connectivity index (χ1v) is 11.1. The monoisotopic (exact) mass is 421 g/mol. The van der Waals surface area contributed by atoms with Crippen molar-refractivity contribution >= 4 is 46.0 Å².